The molecule has 2 nitrogen and oxygen atoms in total. The number of furan rings is 1. The van der Waals surface area contributed by atoms with E-state index in [9.17, 15) is 0 Å². The molecule has 0 atom stereocenters. The minimum absolute atomic E-state index is 0.893. The molecular formula is C44H42B13NO. The van der Waals surface area contributed by atoms with Gasteiger partial charge in [0, 0.05) is 21.8 Å². The summed E-state index contributed by atoms with van der Waals surface area (Å²) in [5.41, 5.74) is 28.3. The average Bonchev–Trinajstić information content (AvgIpc) is 3.64. The Morgan fingerprint density at radius 2 is 0.729 bits per heavy atom. The quantitative estimate of drug-likeness (QED) is 0.129. The SMILES string of the molecule is Bc1c(B)c(B)c(-c2c(B)c(B)c(-c3c(B)c(B)c(N(c4cc5ccccc5c5ccccc45)c4cccc5c4oc4ccccc45)c(B)c3B)c(B)c2B)c(B)c1B. The Kier molecular flexibility index (Phi) is 9.62. The highest BCUT2D eigenvalue weighted by Gasteiger charge is 2.29. The van der Waals surface area contributed by atoms with Crippen molar-refractivity contribution in [2.75, 3.05) is 4.90 Å². The van der Waals surface area contributed by atoms with Crippen LogP contribution in [0.15, 0.2) is 101 Å². The van der Waals surface area contributed by atoms with E-state index in [1.54, 1.807) is 0 Å². The fraction of sp³-hybridized carbons (Fsp3) is 0. The highest BCUT2D eigenvalue weighted by molar-refractivity contribution is 6.72. The molecule has 0 N–H and O–H groups in total. The molecule has 0 aliphatic rings. The highest BCUT2D eigenvalue weighted by Crippen LogP contribution is 2.45. The monoisotopic (exact) mass is 743 g/mol. The third kappa shape index (κ3) is 5.74. The van der Waals surface area contributed by atoms with E-state index in [0.29, 0.717) is 0 Å². The van der Waals surface area contributed by atoms with Crippen molar-refractivity contribution in [2.24, 2.45) is 0 Å². The molecule has 15 heteroatoms. The Labute approximate surface area is 360 Å². The van der Waals surface area contributed by atoms with Crippen LogP contribution < -0.4 is 75.9 Å². The maximum absolute atomic E-state index is 6.84. The van der Waals surface area contributed by atoms with Crippen molar-refractivity contribution in [3.63, 3.8) is 0 Å². The molecule has 9 rings (SSSR count). The molecule has 1 aromatic heterocycles. The van der Waals surface area contributed by atoms with E-state index >= 15 is 0 Å². The lowest BCUT2D eigenvalue weighted by molar-refractivity contribution is 0.669. The average molecular weight is 741 g/mol. The summed E-state index contributed by atoms with van der Waals surface area (Å²) in [6, 6.07) is 35.1. The second-order valence-electron chi connectivity index (χ2n) is 17.2. The summed E-state index contributed by atoms with van der Waals surface area (Å²) >= 11 is 0. The number of anilines is 3. The normalized spacial score (nSPS) is 11.6. The van der Waals surface area contributed by atoms with Crippen LogP contribution in [0.4, 0.5) is 17.1 Å². The van der Waals surface area contributed by atoms with E-state index in [2.05, 4.69) is 204 Å². The van der Waals surface area contributed by atoms with Crippen molar-refractivity contribution in [3.8, 4) is 22.3 Å². The number of nitrogens with zero attached hydrogens (tertiary/aromatic N) is 1. The van der Waals surface area contributed by atoms with Crippen LogP contribution in [0.25, 0.3) is 65.7 Å². The fourth-order valence-electron chi connectivity index (χ4n) is 10.4. The lowest BCUT2D eigenvalue weighted by Crippen LogP contribution is -2.57. The zero-order valence-electron chi connectivity index (χ0n) is 37.1. The van der Waals surface area contributed by atoms with Gasteiger partial charge in [-0.15, -0.1) is 16.4 Å². The number of hydrogen-bond acceptors (Lipinski definition) is 2. The van der Waals surface area contributed by atoms with Gasteiger partial charge in [0.2, 0.25) is 0 Å². The molecular weight excluding hydrogens is 699 g/mol. The van der Waals surface area contributed by atoms with Crippen molar-refractivity contribution in [3.05, 3.63) is 97.1 Å². The van der Waals surface area contributed by atoms with Crippen LogP contribution in [0.2, 0.25) is 0 Å². The van der Waals surface area contributed by atoms with Crippen LogP contribution in [0.3, 0.4) is 0 Å². The van der Waals surface area contributed by atoms with E-state index in [4.69, 9.17) is 4.42 Å². The molecule has 0 amide bonds. The standard InChI is InChI=1S/C44H42B13NO/c45-30-26(28-34(49)38(53)40(55)39(54)35(28)50)31(46)33(48)27(32(30)47)29-36(51)41(56)43(42(57)37(29)52)58(23-14-7-13-22-21-12-5-6-15-25(21)59-44(22)23)24-16-17-8-1-2-9-18(17)19-10-3-4-11-20(19)24/h1-16H,45-57H2. The van der Waals surface area contributed by atoms with Gasteiger partial charge in [0.05, 0.1) is 11.4 Å². The van der Waals surface area contributed by atoms with Crippen molar-refractivity contribution >= 4 is 234 Å². The number of rotatable bonds is 5. The Balaban J connectivity index is 1.36. The van der Waals surface area contributed by atoms with Gasteiger partial charge >= 0.3 is 0 Å². The first kappa shape index (κ1) is 39.2. The minimum Gasteiger partial charge on any atom is -0.454 e. The summed E-state index contributed by atoms with van der Waals surface area (Å²) in [4.78, 5) is 2.51. The molecule has 8 aromatic carbocycles. The number of para-hydroxylation sites is 2. The smallest absolute Gasteiger partial charge is 0.159 e. The highest BCUT2D eigenvalue weighted by atomic mass is 16.3. The van der Waals surface area contributed by atoms with Crippen LogP contribution in [0.1, 0.15) is 0 Å². The van der Waals surface area contributed by atoms with E-state index in [1.807, 2.05) is 0 Å². The van der Waals surface area contributed by atoms with Gasteiger partial charge in [-0.3, -0.25) is 0 Å². The molecule has 0 saturated heterocycles. The van der Waals surface area contributed by atoms with Crippen LogP contribution in [-0.2, 0) is 0 Å². The van der Waals surface area contributed by atoms with Crippen LogP contribution in [0, 0.1) is 0 Å². The van der Waals surface area contributed by atoms with Gasteiger partial charge in [-0.1, -0.05) is 133 Å². The molecule has 0 bridgehead atoms. The molecule has 0 aliphatic heterocycles. The molecule has 9 aromatic rings. The predicted octanol–water partition coefficient (Wildman–Crippen LogP) is -9.94. The van der Waals surface area contributed by atoms with E-state index in [-0.39, 0.29) is 0 Å². The fourth-order valence-corrected chi connectivity index (χ4v) is 10.4. The van der Waals surface area contributed by atoms with E-state index < -0.39 is 0 Å². The summed E-state index contributed by atoms with van der Waals surface area (Å²) in [7, 11) is 30.2. The Hall–Kier alpha value is -5.28. The van der Waals surface area contributed by atoms with Crippen LogP contribution >= 0.6 is 0 Å². The zero-order chi connectivity index (χ0) is 41.8. The molecule has 0 aliphatic carbocycles. The number of fused-ring (bicyclic) bond motifs is 6. The summed E-state index contributed by atoms with van der Waals surface area (Å²) < 4.78 is 6.84. The van der Waals surface area contributed by atoms with Gasteiger partial charge in [-0.05, 0) is 56.6 Å². The molecule has 0 spiro atoms. The number of benzene rings is 8. The summed E-state index contributed by atoms with van der Waals surface area (Å²) in [5.74, 6) is 0. The van der Waals surface area contributed by atoms with Gasteiger partial charge in [-0.25, -0.2) is 0 Å². The number of hydrogen-bond donors (Lipinski definition) is 0. The van der Waals surface area contributed by atoms with Crippen molar-refractivity contribution < 1.29 is 4.42 Å². The first-order valence-electron chi connectivity index (χ1n) is 21.1. The first-order chi connectivity index (χ1) is 28.2. The van der Waals surface area contributed by atoms with Gasteiger partial charge in [0.1, 0.15) is 108 Å². The maximum atomic E-state index is 6.84. The molecule has 0 saturated carbocycles. The topological polar surface area (TPSA) is 16.4 Å². The Bertz CT molecular complexity index is 3200. The largest absolute Gasteiger partial charge is 0.454 e. The molecule has 0 unspecified atom stereocenters. The second kappa shape index (κ2) is 14.5. The Morgan fingerprint density at radius 1 is 0.322 bits per heavy atom. The molecule has 0 radical (unpaired) electrons. The predicted molar refractivity (Wildman–Crippen MR) is 301 cm³/mol. The lowest BCUT2D eigenvalue weighted by atomic mass is 9.55. The Morgan fingerprint density at radius 3 is 1.29 bits per heavy atom. The van der Waals surface area contributed by atoms with Crippen LogP contribution in [-0.4, -0.2) is 102 Å². The third-order valence-corrected chi connectivity index (χ3v) is 14.5. The zero-order valence-corrected chi connectivity index (χ0v) is 37.1. The maximum Gasteiger partial charge on any atom is 0.159 e. The molecule has 1 heterocycles. The summed E-state index contributed by atoms with van der Waals surface area (Å²) in [5, 5.41) is 7.17. The second-order valence-corrected chi connectivity index (χ2v) is 17.2. The molecule has 268 valence electrons. The van der Waals surface area contributed by atoms with Gasteiger partial charge in [0.25, 0.3) is 0 Å². The first-order valence-corrected chi connectivity index (χ1v) is 21.1. The molecule has 59 heavy (non-hydrogen) atoms. The van der Waals surface area contributed by atoms with Crippen molar-refractivity contribution in [2.45, 2.75) is 0 Å². The van der Waals surface area contributed by atoms with Gasteiger partial charge in [0.15, 0.2) is 5.58 Å². The van der Waals surface area contributed by atoms with Crippen molar-refractivity contribution in [1.82, 2.24) is 0 Å². The van der Waals surface area contributed by atoms with E-state index in [0.717, 1.165) is 33.3 Å². The van der Waals surface area contributed by atoms with Gasteiger partial charge in [-0.2, -0.15) is 0 Å². The van der Waals surface area contributed by atoms with Crippen LogP contribution in [0.5, 0.6) is 0 Å². The van der Waals surface area contributed by atoms with Crippen molar-refractivity contribution in [1.29, 1.82) is 0 Å². The van der Waals surface area contributed by atoms with Gasteiger partial charge < -0.3 is 9.32 Å². The summed E-state index contributed by atoms with van der Waals surface area (Å²) in [6.07, 6.45) is 0. The lowest BCUT2D eigenvalue weighted by Gasteiger charge is -2.34. The summed E-state index contributed by atoms with van der Waals surface area (Å²) in [6.45, 7) is 0. The molecule has 0 fully saturated rings. The third-order valence-electron chi connectivity index (χ3n) is 14.5. The van der Waals surface area contributed by atoms with E-state index in [1.165, 1.54) is 121 Å². The minimum atomic E-state index is 0.893.